The minimum Gasteiger partial charge on any atom is -0.481 e. The van der Waals surface area contributed by atoms with E-state index in [2.05, 4.69) is 43.9 Å². The molecule has 0 unspecified atom stereocenters. The molecule has 2 fully saturated rings. The largest absolute Gasteiger partial charge is 0.481 e. The van der Waals surface area contributed by atoms with E-state index in [1.807, 2.05) is 24.3 Å². The molecule has 0 radical (unpaired) electrons. The molecule has 0 aliphatic carbocycles. The molecule has 4 rings (SSSR count). The zero-order valence-corrected chi connectivity index (χ0v) is 23.7. The first-order chi connectivity index (χ1) is 18.4. The van der Waals surface area contributed by atoms with Crippen LogP contribution in [0.2, 0.25) is 0 Å². The van der Waals surface area contributed by atoms with E-state index in [9.17, 15) is 13.2 Å². The Balaban J connectivity index is 1.37. The van der Waals surface area contributed by atoms with Crippen molar-refractivity contribution in [2.45, 2.75) is 48.3 Å². The predicted molar refractivity (Wildman–Crippen MR) is 149 cm³/mol. The fourth-order valence-corrected chi connectivity index (χ4v) is 6.92. The van der Waals surface area contributed by atoms with Crippen LogP contribution in [0, 0.1) is 17.8 Å². The van der Waals surface area contributed by atoms with Gasteiger partial charge in [-0.05, 0) is 99.7 Å². The molecule has 0 spiro atoms. The maximum atomic E-state index is 13.8. The van der Waals surface area contributed by atoms with Gasteiger partial charge in [0.2, 0.25) is 0 Å². The van der Waals surface area contributed by atoms with Gasteiger partial charge in [-0.2, -0.15) is 0 Å². The van der Waals surface area contributed by atoms with Crippen LogP contribution >= 0.6 is 15.9 Å². The molecule has 204 valence electrons. The van der Waals surface area contributed by atoms with Gasteiger partial charge >= 0.3 is 5.97 Å². The van der Waals surface area contributed by atoms with E-state index in [0.29, 0.717) is 24.8 Å². The molecule has 2 aromatic rings. The third kappa shape index (κ3) is 7.16. The minimum atomic E-state index is -4.03. The molecular formula is C28H34BrN3O5S. The van der Waals surface area contributed by atoms with Crippen LogP contribution in [0.15, 0.2) is 57.9 Å². The van der Waals surface area contributed by atoms with Crippen LogP contribution in [0.25, 0.3) is 0 Å². The topological polar surface area (TPSA) is 106 Å². The molecule has 0 aromatic heterocycles. The Morgan fingerprint density at radius 3 is 2.32 bits per heavy atom. The molecule has 0 saturated carbocycles. The maximum Gasteiger partial charge on any atom is 0.346 e. The second-order valence-corrected chi connectivity index (χ2v) is 12.8. The van der Waals surface area contributed by atoms with Crippen LogP contribution in [-0.2, 0) is 26.0 Å². The van der Waals surface area contributed by atoms with Crippen LogP contribution in [0.4, 0.5) is 0 Å². The van der Waals surface area contributed by atoms with E-state index in [-0.39, 0.29) is 30.9 Å². The van der Waals surface area contributed by atoms with Crippen molar-refractivity contribution in [1.29, 1.82) is 0 Å². The van der Waals surface area contributed by atoms with Crippen molar-refractivity contribution in [1.82, 2.24) is 16.1 Å². The lowest BCUT2D eigenvalue weighted by atomic mass is 9.95. The number of halogens is 1. The average molecular weight is 605 g/mol. The summed E-state index contributed by atoms with van der Waals surface area (Å²) in [5.41, 5.74) is 3.54. The van der Waals surface area contributed by atoms with Crippen LogP contribution in [0.1, 0.15) is 37.7 Å². The Kier molecular flexibility index (Phi) is 10.2. The molecule has 2 saturated heterocycles. The second kappa shape index (κ2) is 13.6. The van der Waals surface area contributed by atoms with E-state index in [4.69, 9.17) is 9.57 Å². The van der Waals surface area contributed by atoms with Gasteiger partial charge in [0.15, 0.2) is 14.6 Å². The van der Waals surface area contributed by atoms with E-state index >= 15 is 0 Å². The van der Waals surface area contributed by atoms with Crippen molar-refractivity contribution in [2.75, 3.05) is 32.8 Å². The van der Waals surface area contributed by atoms with Gasteiger partial charge in [0.25, 0.3) is 0 Å². The highest BCUT2D eigenvalue weighted by molar-refractivity contribution is 9.10. The van der Waals surface area contributed by atoms with Crippen LogP contribution in [-0.4, -0.2) is 51.9 Å². The first-order valence-electron chi connectivity index (χ1n) is 12.9. The van der Waals surface area contributed by atoms with Gasteiger partial charge in [0, 0.05) is 10.9 Å². The summed E-state index contributed by atoms with van der Waals surface area (Å²) in [6.07, 6.45) is 3.42. The molecule has 8 nitrogen and oxygen atoms in total. The van der Waals surface area contributed by atoms with E-state index in [1.54, 1.807) is 12.1 Å². The summed E-state index contributed by atoms with van der Waals surface area (Å²) >= 11 is 3.38. The molecule has 0 amide bonds. The van der Waals surface area contributed by atoms with Gasteiger partial charge in [-0.15, -0.1) is 5.48 Å². The minimum absolute atomic E-state index is 0.0635. The summed E-state index contributed by atoms with van der Waals surface area (Å²) in [5.74, 6) is 6.60. The fraction of sp³-hybridized carbons (Fsp3) is 0.464. The lowest BCUT2D eigenvalue weighted by Crippen LogP contribution is -2.55. The number of sulfone groups is 1. The molecule has 10 heteroatoms. The molecule has 2 aliphatic heterocycles. The highest BCUT2D eigenvalue weighted by atomic mass is 79.9. The number of hydroxylamine groups is 1. The Morgan fingerprint density at radius 1 is 0.974 bits per heavy atom. The Hall–Kier alpha value is -2.42. The van der Waals surface area contributed by atoms with Gasteiger partial charge in [0.1, 0.15) is 12.4 Å². The average Bonchev–Trinajstić information content (AvgIpc) is 2.95. The zero-order valence-electron chi connectivity index (χ0n) is 21.3. The van der Waals surface area contributed by atoms with Gasteiger partial charge in [-0.25, -0.2) is 13.2 Å². The Bertz CT molecular complexity index is 1230. The summed E-state index contributed by atoms with van der Waals surface area (Å²) in [7, 11) is -4.03. The quantitative estimate of drug-likeness (QED) is 0.296. The van der Waals surface area contributed by atoms with Crippen molar-refractivity contribution < 1.29 is 22.8 Å². The number of carbonyl (C=O) groups excluding carboxylic acids is 1. The van der Waals surface area contributed by atoms with Crippen molar-refractivity contribution in [3.8, 4) is 17.6 Å². The number of hydrogen-bond donors (Lipinski definition) is 3. The van der Waals surface area contributed by atoms with Crippen molar-refractivity contribution in [3.63, 3.8) is 0 Å². The second-order valence-electron chi connectivity index (χ2n) is 9.60. The normalized spacial score (nSPS) is 17.7. The van der Waals surface area contributed by atoms with Crippen LogP contribution < -0.4 is 20.9 Å². The van der Waals surface area contributed by atoms with Crippen LogP contribution in [0.5, 0.6) is 5.75 Å². The highest BCUT2D eigenvalue weighted by Gasteiger charge is 2.53. The number of ether oxygens (including phenoxy) is 1. The standard InChI is InChI=1S/C28H34BrN3O5S/c29-24-6-4-23(5-7-24)21-32-37-27(33)28(14-18-31-19-15-28)38(34,35)26-10-8-25(9-11-26)36-20-2-1-3-22-12-16-30-17-13-22/h4-11,22,30-32H,3,12-21H2. The maximum absolute atomic E-state index is 13.8. The van der Waals surface area contributed by atoms with Crippen molar-refractivity contribution in [3.05, 3.63) is 58.6 Å². The predicted octanol–water partition coefficient (Wildman–Crippen LogP) is 3.36. The molecule has 0 bridgehead atoms. The lowest BCUT2D eigenvalue weighted by Gasteiger charge is -2.34. The van der Waals surface area contributed by atoms with Gasteiger partial charge in [-0.3, -0.25) is 0 Å². The van der Waals surface area contributed by atoms with Crippen molar-refractivity contribution >= 4 is 31.7 Å². The number of nitrogens with one attached hydrogen (secondary N) is 3. The van der Waals surface area contributed by atoms with Crippen LogP contribution in [0.3, 0.4) is 0 Å². The van der Waals surface area contributed by atoms with Crippen molar-refractivity contribution in [2.24, 2.45) is 5.92 Å². The summed E-state index contributed by atoms with van der Waals surface area (Å²) in [4.78, 5) is 18.6. The Labute approximate surface area is 233 Å². The molecule has 38 heavy (non-hydrogen) atoms. The summed E-state index contributed by atoms with van der Waals surface area (Å²) < 4.78 is 32.5. The van der Waals surface area contributed by atoms with Gasteiger partial charge < -0.3 is 20.2 Å². The molecule has 3 N–H and O–H groups in total. The van der Waals surface area contributed by atoms with Gasteiger partial charge in [-0.1, -0.05) is 39.9 Å². The first-order valence-corrected chi connectivity index (χ1v) is 15.2. The summed E-state index contributed by atoms with van der Waals surface area (Å²) in [6, 6.07) is 13.7. The SMILES string of the molecule is O=C(ONCc1ccc(Br)cc1)C1(S(=O)(=O)c2ccc(OCC#CCC3CCNCC3)cc2)CCNCC1. The fourth-order valence-electron chi connectivity index (χ4n) is 4.71. The number of carbonyl (C=O) groups is 1. The van der Waals surface area contributed by atoms with Gasteiger partial charge in [0.05, 0.1) is 11.4 Å². The summed E-state index contributed by atoms with van der Waals surface area (Å²) in [5, 5.41) is 6.49. The third-order valence-corrected chi connectivity index (χ3v) is 10.1. The summed E-state index contributed by atoms with van der Waals surface area (Å²) in [6.45, 7) is 3.41. The number of benzene rings is 2. The van der Waals surface area contributed by atoms with E-state index < -0.39 is 20.6 Å². The third-order valence-electron chi connectivity index (χ3n) is 7.07. The lowest BCUT2D eigenvalue weighted by molar-refractivity contribution is -0.155. The molecule has 2 aromatic carbocycles. The number of piperidine rings is 2. The molecule has 0 atom stereocenters. The highest BCUT2D eigenvalue weighted by Crippen LogP contribution is 2.35. The Morgan fingerprint density at radius 2 is 1.63 bits per heavy atom. The van der Waals surface area contributed by atoms with E-state index in [1.165, 1.54) is 12.1 Å². The molecule has 2 aliphatic rings. The number of hydrogen-bond acceptors (Lipinski definition) is 8. The molecule has 2 heterocycles. The number of rotatable bonds is 9. The zero-order chi connectivity index (χ0) is 26.8. The smallest absolute Gasteiger partial charge is 0.346 e. The van der Waals surface area contributed by atoms with E-state index in [0.717, 1.165) is 42.4 Å². The molecular weight excluding hydrogens is 570 g/mol. The first kappa shape index (κ1) is 28.6. The monoisotopic (exact) mass is 603 g/mol.